The maximum absolute atomic E-state index is 13.4. The van der Waals surface area contributed by atoms with Crippen LogP contribution in [0.25, 0.3) is 0 Å². The number of amides is 1. The zero-order chi connectivity index (χ0) is 23.8. The summed E-state index contributed by atoms with van der Waals surface area (Å²) in [7, 11) is 1.57. The first-order chi connectivity index (χ1) is 15.2. The Hall–Kier alpha value is -3.23. The molecule has 9 nitrogen and oxygen atoms in total. The number of rotatable bonds is 11. The molecule has 32 heavy (non-hydrogen) atoms. The highest BCUT2D eigenvalue weighted by Crippen LogP contribution is 2.22. The van der Waals surface area contributed by atoms with Crippen molar-refractivity contribution in [1.82, 2.24) is 9.55 Å². The van der Waals surface area contributed by atoms with Crippen LogP contribution in [-0.2, 0) is 11.3 Å². The van der Waals surface area contributed by atoms with Gasteiger partial charge in [-0.05, 0) is 49.9 Å². The monoisotopic (exact) mass is 446 g/mol. The van der Waals surface area contributed by atoms with E-state index >= 15 is 0 Å². The second kappa shape index (κ2) is 11.4. The van der Waals surface area contributed by atoms with E-state index in [9.17, 15) is 14.4 Å². The Bertz CT molecular complexity index is 1010. The van der Waals surface area contributed by atoms with E-state index in [1.54, 1.807) is 38.3 Å². The molecule has 9 heteroatoms. The number of benzene rings is 1. The van der Waals surface area contributed by atoms with Crippen molar-refractivity contribution in [3.63, 3.8) is 0 Å². The molecular weight excluding hydrogens is 412 g/mol. The van der Waals surface area contributed by atoms with Crippen molar-refractivity contribution >= 4 is 17.4 Å². The van der Waals surface area contributed by atoms with Crippen LogP contribution in [0.2, 0.25) is 0 Å². The summed E-state index contributed by atoms with van der Waals surface area (Å²) in [6.45, 7) is 8.28. The van der Waals surface area contributed by atoms with Crippen LogP contribution in [0.15, 0.2) is 33.9 Å². The van der Waals surface area contributed by atoms with E-state index in [2.05, 4.69) is 4.98 Å². The quantitative estimate of drug-likeness (QED) is 0.548. The van der Waals surface area contributed by atoms with Gasteiger partial charge < -0.3 is 20.1 Å². The molecule has 1 atom stereocenters. The van der Waals surface area contributed by atoms with Gasteiger partial charge in [-0.3, -0.25) is 19.1 Å². The van der Waals surface area contributed by atoms with Crippen molar-refractivity contribution in [1.29, 1.82) is 0 Å². The summed E-state index contributed by atoms with van der Waals surface area (Å²) in [6, 6.07) is 6.87. The Balaban J connectivity index is 2.41. The standard InChI is InChI=1S/C23H34N4O5/c1-6-7-13-27-20(24)19(21(28)25-23(27)30)26(14-12-15(2)3)22(29)16(4)32-18-10-8-17(31-5)9-11-18/h8-11,15-16H,6-7,12-14,24H2,1-5H3,(H,25,28,30). The van der Waals surface area contributed by atoms with Gasteiger partial charge in [-0.25, -0.2) is 4.79 Å². The van der Waals surface area contributed by atoms with Gasteiger partial charge in [0.05, 0.1) is 7.11 Å². The zero-order valence-corrected chi connectivity index (χ0v) is 19.5. The molecule has 0 spiro atoms. The second-order valence-electron chi connectivity index (χ2n) is 8.11. The number of nitrogen functional groups attached to an aromatic ring is 1. The second-order valence-corrected chi connectivity index (χ2v) is 8.11. The SMILES string of the molecule is CCCCn1c(N)c(N(CCC(C)C)C(=O)C(C)Oc2ccc(OC)cc2)c(=O)[nH]c1=O. The minimum Gasteiger partial charge on any atom is -0.497 e. The molecule has 1 heterocycles. The number of nitrogens with zero attached hydrogens (tertiary/aromatic N) is 2. The number of nitrogens with two attached hydrogens (primary N) is 1. The van der Waals surface area contributed by atoms with Crippen LogP contribution in [-0.4, -0.2) is 35.2 Å². The van der Waals surface area contributed by atoms with Crippen molar-refractivity contribution in [2.24, 2.45) is 5.92 Å². The number of unbranched alkanes of at least 4 members (excludes halogenated alkanes) is 1. The fourth-order valence-corrected chi connectivity index (χ4v) is 3.22. The molecule has 1 aromatic carbocycles. The molecule has 0 aliphatic heterocycles. The van der Waals surface area contributed by atoms with Crippen LogP contribution in [0.5, 0.6) is 11.5 Å². The molecule has 1 aromatic heterocycles. The summed E-state index contributed by atoms with van der Waals surface area (Å²) in [6.07, 6.45) is 1.33. The van der Waals surface area contributed by atoms with E-state index in [0.717, 1.165) is 6.42 Å². The summed E-state index contributed by atoms with van der Waals surface area (Å²) in [4.78, 5) is 42.0. The fourth-order valence-electron chi connectivity index (χ4n) is 3.22. The highest BCUT2D eigenvalue weighted by Gasteiger charge is 2.29. The van der Waals surface area contributed by atoms with E-state index < -0.39 is 23.3 Å². The minimum absolute atomic E-state index is 0.0130. The highest BCUT2D eigenvalue weighted by atomic mass is 16.5. The topological polar surface area (TPSA) is 120 Å². The van der Waals surface area contributed by atoms with Gasteiger partial charge in [-0.15, -0.1) is 0 Å². The molecule has 3 N–H and O–H groups in total. The number of hydrogen-bond donors (Lipinski definition) is 2. The Morgan fingerprint density at radius 2 is 1.78 bits per heavy atom. The van der Waals surface area contributed by atoms with Gasteiger partial charge >= 0.3 is 5.69 Å². The number of nitrogens with one attached hydrogen (secondary N) is 1. The molecule has 2 aromatic rings. The Labute approximate surface area is 188 Å². The fraction of sp³-hybridized carbons (Fsp3) is 0.522. The largest absolute Gasteiger partial charge is 0.497 e. The predicted molar refractivity (Wildman–Crippen MR) is 126 cm³/mol. The number of anilines is 2. The van der Waals surface area contributed by atoms with E-state index in [-0.39, 0.29) is 24.0 Å². The Morgan fingerprint density at radius 3 is 2.34 bits per heavy atom. The molecule has 0 saturated carbocycles. The molecule has 1 amide bonds. The third-order valence-electron chi connectivity index (χ3n) is 5.14. The van der Waals surface area contributed by atoms with Crippen LogP contribution < -0.4 is 31.4 Å². The number of ether oxygens (including phenoxy) is 2. The highest BCUT2D eigenvalue weighted by molar-refractivity contribution is 5.98. The number of carbonyl (C=O) groups is 1. The van der Waals surface area contributed by atoms with Crippen molar-refractivity contribution in [2.45, 2.75) is 59.6 Å². The van der Waals surface area contributed by atoms with E-state index in [0.29, 0.717) is 30.9 Å². The molecule has 176 valence electrons. The number of H-pyrrole nitrogens is 1. The van der Waals surface area contributed by atoms with Gasteiger partial charge in [0.2, 0.25) is 0 Å². The maximum atomic E-state index is 13.4. The number of aromatic nitrogens is 2. The van der Waals surface area contributed by atoms with Gasteiger partial charge in [0, 0.05) is 13.1 Å². The molecule has 1 unspecified atom stereocenters. The summed E-state index contributed by atoms with van der Waals surface area (Å²) in [5.41, 5.74) is 4.97. The van der Waals surface area contributed by atoms with Crippen LogP contribution in [0, 0.1) is 5.92 Å². The first-order valence-corrected chi connectivity index (χ1v) is 10.9. The summed E-state index contributed by atoms with van der Waals surface area (Å²) < 4.78 is 12.3. The molecular formula is C23H34N4O5. The summed E-state index contributed by atoms with van der Waals surface area (Å²) >= 11 is 0. The van der Waals surface area contributed by atoms with Crippen molar-refractivity contribution in [3.8, 4) is 11.5 Å². The number of methoxy groups -OCH3 is 1. The van der Waals surface area contributed by atoms with Gasteiger partial charge in [0.15, 0.2) is 11.8 Å². The van der Waals surface area contributed by atoms with Gasteiger partial charge in [-0.2, -0.15) is 0 Å². The van der Waals surface area contributed by atoms with E-state index in [4.69, 9.17) is 15.2 Å². The lowest BCUT2D eigenvalue weighted by molar-refractivity contribution is -0.124. The summed E-state index contributed by atoms with van der Waals surface area (Å²) in [5, 5.41) is 0. The minimum atomic E-state index is -0.884. The first kappa shape index (κ1) is 25.0. The lowest BCUT2D eigenvalue weighted by atomic mass is 10.1. The van der Waals surface area contributed by atoms with Gasteiger partial charge in [0.25, 0.3) is 11.5 Å². The van der Waals surface area contributed by atoms with Crippen molar-refractivity contribution in [2.75, 3.05) is 24.3 Å². The first-order valence-electron chi connectivity index (χ1n) is 10.9. The molecule has 0 aliphatic carbocycles. The maximum Gasteiger partial charge on any atom is 0.330 e. The molecule has 0 aliphatic rings. The average Bonchev–Trinajstić information content (AvgIpc) is 2.75. The third kappa shape index (κ3) is 6.15. The zero-order valence-electron chi connectivity index (χ0n) is 19.5. The van der Waals surface area contributed by atoms with Gasteiger partial charge in [0.1, 0.15) is 17.3 Å². The lowest BCUT2D eigenvalue weighted by Crippen LogP contribution is -2.46. The number of hydrogen-bond acceptors (Lipinski definition) is 6. The Morgan fingerprint density at radius 1 is 1.16 bits per heavy atom. The summed E-state index contributed by atoms with van der Waals surface area (Å²) in [5.74, 6) is 1.02. The van der Waals surface area contributed by atoms with Crippen LogP contribution in [0.3, 0.4) is 0 Å². The number of aromatic amines is 1. The molecule has 2 rings (SSSR count). The van der Waals surface area contributed by atoms with Crippen LogP contribution >= 0.6 is 0 Å². The normalized spacial score (nSPS) is 11.9. The van der Waals surface area contributed by atoms with Crippen molar-refractivity contribution in [3.05, 3.63) is 45.1 Å². The predicted octanol–water partition coefficient (Wildman–Crippen LogP) is 2.77. The molecule has 0 saturated heterocycles. The Kier molecular flexibility index (Phi) is 8.92. The van der Waals surface area contributed by atoms with E-state index in [1.807, 2.05) is 20.8 Å². The smallest absolute Gasteiger partial charge is 0.330 e. The van der Waals surface area contributed by atoms with Crippen LogP contribution in [0.4, 0.5) is 11.5 Å². The average molecular weight is 447 g/mol. The van der Waals surface area contributed by atoms with Crippen molar-refractivity contribution < 1.29 is 14.3 Å². The van der Waals surface area contributed by atoms with Gasteiger partial charge in [-0.1, -0.05) is 27.2 Å². The molecule has 0 bridgehead atoms. The number of carbonyl (C=O) groups excluding carboxylic acids is 1. The molecule has 0 fully saturated rings. The third-order valence-corrected chi connectivity index (χ3v) is 5.14. The molecule has 0 radical (unpaired) electrons. The lowest BCUT2D eigenvalue weighted by Gasteiger charge is -2.28. The van der Waals surface area contributed by atoms with Crippen LogP contribution in [0.1, 0.15) is 47.0 Å². The van der Waals surface area contributed by atoms with E-state index in [1.165, 1.54) is 9.47 Å².